The summed E-state index contributed by atoms with van der Waals surface area (Å²) in [6, 6.07) is 8.27. The lowest BCUT2D eigenvalue weighted by Crippen LogP contribution is -2.44. The maximum Gasteiger partial charge on any atom is 0.253 e. The Balaban J connectivity index is 0.00000364. The summed E-state index contributed by atoms with van der Waals surface area (Å²) in [4.78, 5) is 20.7. The Kier molecular flexibility index (Phi) is 10.7. The molecule has 27 heavy (non-hydrogen) atoms. The van der Waals surface area contributed by atoms with Gasteiger partial charge in [0.25, 0.3) is 5.91 Å². The van der Waals surface area contributed by atoms with Gasteiger partial charge in [0.1, 0.15) is 0 Å². The quantitative estimate of drug-likeness (QED) is 0.353. The van der Waals surface area contributed by atoms with E-state index in [4.69, 9.17) is 0 Å². The van der Waals surface area contributed by atoms with Crippen molar-refractivity contribution in [3.05, 3.63) is 35.4 Å². The molecular formula is C20H34IN5O. The predicted octanol–water partition coefficient (Wildman–Crippen LogP) is 2.55. The molecule has 0 aliphatic carbocycles. The molecule has 0 aromatic heterocycles. The largest absolute Gasteiger partial charge is 0.357 e. The molecule has 1 aliphatic heterocycles. The molecule has 7 heteroatoms. The highest BCUT2D eigenvalue weighted by Crippen LogP contribution is 2.15. The summed E-state index contributed by atoms with van der Waals surface area (Å²) < 4.78 is 0. The third kappa shape index (κ3) is 7.29. The average molecular weight is 487 g/mol. The van der Waals surface area contributed by atoms with Gasteiger partial charge in [0, 0.05) is 38.8 Å². The lowest BCUT2D eigenvalue weighted by atomic mass is 10.1. The number of likely N-dealkylation sites (N-methyl/N-ethyl adjacent to an activating group) is 1. The fourth-order valence-corrected chi connectivity index (χ4v) is 3.28. The summed E-state index contributed by atoms with van der Waals surface area (Å²) in [6.07, 6.45) is 2.54. The molecule has 0 radical (unpaired) electrons. The van der Waals surface area contributed by atoms with Crippen LogP contribution in [0.4, 0.5) is 0 Å². The Hall–Kier alpha value is -1.35. The van der Waals surface area contributed by atoms with E-state index in [0.29, 0.717) is 18.2 Å². The Labute approximate surface area is 180 Å². The molecule has 1 aliphatic rings. The number of guanidine groups is 1. The molecule has 1 atom stereocenters. The van der Waals surface area contributed by atoms with Crippen LogP contribution in [-0.2, 0) is 6.54 Å². The van der Waals surface area contributed by atoms with Crippen LogP contribution in [0.5, 0.6) is 0 Å². The van der Waals surface area contributed by atoms with Gasteiger partial charge in [0.2, 0.25) is 0 Å². The van der Waals surface area contributed by atoms with E-state index < -0.39 is 0 Å². The zero-order chi connectivity index (χ0) is 18.9. The highest BCUT2D eigenvalue weighted by molar-refractivity contribution is 14.0. The van der Waals surface area contributed by atoms with Gasteiger partial charge in [-0.15, -0.1) is 24.0 Å². The normalized spacial score (nSPS) is 17.3. The third-order valence-electron chi connectivity index (χ3n) is 4.78. The number of nitrogens with zero attached hydrogens (tertiary/aromatic N) is 3. The minimum absolute atomic E-state index is 0. The Bertz CT molecular complexity index is 603. The van der Waals surface area contributed by atoms with Crippen LogP contribution in [-0.4, -0.2) is 68.0 Å². The molecule has 0 spiro atoms. The molecule has 152 valence electrons. The molecule has 2 rings (SSSR count). The molecule has 2 N–H and O–H groups in total. The molecule has 0 saturated carbocycles. The third-order valence-corrected chi connectivity index (χ3v) is 4.78. The number of likely N-dealkylation sites (tertiary alicyclic amines) is 1. The maximum absolute atomic E-state index is 11.9. The first-order chi connectivity index (χ1) is 12.5. The highest BCUT2D eigenvalue weighted by Gasteiger charge is 2.22. The number of nitrogens with one attached hydrogen (secondary N) is 2. The van der Waals surface area contributed by atoms with E-state index in [1.807, 2.05) is 24.3 Å². The summed E-state index contributed by atoms with van der Waals surface area (Å²) >= 11 is 0. The molecule has 1 unspecified atom stereocenters. The van der Waals surface area contributed by atoms with Crippen molar-refractivity contribution in [2.24, 2.45) is 4.99 Å². The number of amides is 1. The first kappa shape index (κ1) is 23.7. The van der Waals surface area contributed by atoms with Crippen molar-refractivity contribution in [1.29, 1.82) is 0 Å². The van der Waals surface area contributed by atoms with Gasteiger partial charge < -0.3 is 15.5 Å². The fraction of sp³-hybridized carbons (Fsp3) is 0.600. The van der Waals surface area contributed by atoms with Crippen LogP contribution in [0, 0.1) is 0 Å². The smallest absolute Gasteiger partial charge is 0.253 e. The summed E-state index contributed by atoms with van der Waals surface area (Å²) in [7, 11) is 3.53. The molecule has 0 bridgehead atoms. The van der Waals surface area contributed by atoms with Crippen molar-refractivity contribution in [3.63, 3.8) is 0 Å². The van der Waals surface area contributed by atoms with Crippen molar-refractivity contribution in [2.45, 2.75) is 39.3 Å². The van der Waals surface area contributed by atoms with Gasteiger partial charge in [0.05, 0.1) is 6.54 Å². The van der Waals surface area contributed by atoms with Gasteiger partial charge in [-0.3, -0.25) is 9.69 Å². The minimum atomic E-state index is 0. The number of halogens is 1. The number of hydrogen-bond acceptors (Lipinski definition) is 3. The van der Waals surface area contributed by atoms with Gasteiger partial charge in [-0.25, -0.2) is 4.99 Å². The van der Waals surface area contributed by atoms with Crippen LogP contribution in [0.3, 0.4) is 0 Å². The second-order valence-electron chi connectivity index (χ2n) is 6.90. The van der Waals surface area contributed by atoms with Gasteiger partial charge in [0.15, 0.2) is 5.96 Å². The molecule has 1 fully saturated rings. The SMILES string of the molecule is CCNC(=NCc1ccc(C(=O)N(C)C)cc1)NCC1CCCN1CC.I. The number of rotatable bonds is 7. The van der Waals surface area contributed by atoms with E-state index in [-0.39, 0.29) is 29.9 Å². The van der Waals surface area contributed by atoms with Crippen molar-refractivity contribution in [3.8, 4) is 0 Å². The van der Waals surface area contributed by atoms with Crippen LogP contribution < -0.4 is 10.6 Å². The Morgan fingerprint density at radius 2 is 1.93 bits per heavy atom. The summed E-state index contributed by atoms with van der Waals surface area (Å²) in [5, 5.41) is 6.79. The second kappa shape index (κ2) is 12.2. The number of benzene rings is 1. The second-order valence-corrected chi connectivity index (χ2v) is 6.90. The number of aliphatic imine (C=N–C) groups is 1. The first-order valence-electron chi connectivity index (χ1n) is 9.62. The van der Waals surface area contributed by atoms with Crippen LogP contribution >= 0.6 is 24.0 Å². The zero-order valence-corrected chi connectivity index (χ0v) is 19.3. The average Bonchev–Trinajstić information content (AvgIpc) is 3.11. The van der Waals surface area contributed by atoms with E-state index >= 15 is 0 Å². The monoisotopic (exact) mass is 487 g/mol. The fourth-order valence-electron chi connectivity index (χ4n) is 3.28. The lowest BCUT2D eigenvalue weighted by Gasteiger charge is -2.24. The lowest BCUT2D eigenvalue weighted by molar-refractivity contribution is 0.0827. The van der Waals surface area contributed by atoms with E-state index in [0.717, 1.165) is 31.2 Å². The molecule has 1 amide bonds. The highest BCUT2D eigenvalue weighted by atomic mass is 127. The molecule has 1 aromatic rings. The number of carbonyl (C=O) groups excluding carboxylic acids is 1. The van der Waals surface area contributed by atoms with Gasteiger partial charge in [-0.2, -0.15) is 0 Å². The van der Waals surface area contributed by atoms with Crippen molar-refractivity contribution < 1.29 is 4.79 Å². The van der Waals surface area contributed by atoms with E-state index in [9.17, 15) is 4.79 Å². The zero-order valence-electron chi connectivity index (χ0n) is 17.0. The number of hydrogen-bond donors (Lipinski definition) is 2. The Morgan fingerprint density at radius 3 is 2.52 bits per heavy atom. The molecule has 1 saturated heterocycles. The van der Waals surface area contributed by atoms with Crippen LogP contribution in [0.15, 0.2) is 29.3 Å². The standard InChI is InChI=1S/C20H33N5O.HI/c1-5-21-20(23-15-18-8-7-13-25(18)6-2)22-14-16-9-11-17(12-10-16)19(26)24(3)4;/h9-12,18H,5-8,13-15H2,1-4H3,(H2,21,22,23);1H. The summed E-state index contributed by atoms with van der Waals surface area (Å²) in [5.41, 5.74) is 1.79. The van der Waals surface area contributed by atoms with E-state index in [1.54, 1.807) is 19.0 Å². The van der Waals surface area contributed by atoms with E-state index in [2.05, 4.69) is 34.4 Å². The molecule has 6 nitrogen and oxygen atoms in total. The summed E-state index contributed by atoms with van der Waals surface area (Å²) in [5.74, 6) is 0.871. The first-order valence-corrected chi connectivity index (χ1v) is 9.62. The molecule has 1 aromatic carbocycles. The maximum atomic E-state index is 11.9. The van der Waals surface area contributed by atoms with Crippen molar-refractivity contribution >= 4 is 35.8 Å². The van der Waals surface area contributed by atoms with E-state index in [1.165, 1.54) is 19.4 Å². The minimum Gasteiger partial charge on any atom is -0.357 e. The van der Waals surface area contributed by atoms with Gasteiger partial charge in [-0.05, 0) is 50.6 Å². The summed E-state index contributed by atoms with van der Waals surface area (Å²) in [6.45, 7) is 8.97. The molecular weight excluding hydrogens is 453 g/mol. The Morgan fingerprint density at radius 1 is 1.22 bits per heavy atom. The molecule has 1 heterocycles. The van der Waals surface area contributed by atoms with Crippen molar-refractivity contribution in [2.75, 3.05) is 40.3 Å². The van der Waals surface area contributed by atoms with Crippen LogP contribution in [0.2, 0.25) is 0 Å². The van der Waals surface area contributed by atoms with Gasteiger partial charge in [-0.1, -0.05) is 19.1 Å². The van der Waals surface area contributed by atoms with Crippen LogP contribution in [0.25, 0.3) is 0 Å². The van der Waals surface area contributed by atoms with Crippen molar-refractivity contribution in [1.82, 2.24) is 20.4 Å². The predicted molar refractivity (Wildman–Crippen MR) is 123 cm³/mol. The topological polar surface area (TPSA) is 60.0 Å². The van der Waals surface area contributed by atoms with Crippen LogP contribution in [0.1, 0.15) is 42.6 Å². The van der Waals surface area contributed by atoms with Gasteiger partial charge >= 0.3 is 0 Å². The number of carbonyl (C=O) groups is 1.